The highest BCUT2D eigenvalue weighted by Gasteiger charge is 2.19. The monoisotopic (exact) mass is 426 g/mol. The number of nitrogens with zero attached hydrogens (tertiary/aromatic N) is 2. The maximum Gasteiger partial charge on any atom is 0.258 e. The number of amides is 1. The molecule has 30 heavy (non-hydrogen) atoms. The molecule has 0 unspecified atom stereocenters. The molecule has 0 bridgehead atoms. The van der Waals surface area contributed by atoms with Gasteiger partial charge in [-0.05, 0) is 44.4 Å². The van der Waals surface area contributed by atoms with Crippen molar-refractivity contribution in [2.45, 2.75) is 39.3 Å². The van der Waals surface area contributed by atoms with Gasteiger partial charge in [0, 0.05) is 55.8 Å². The molecule has 6 nitrogen and oxygen atoms in total. The third-order valence-corrected chi connectivity index (χ3v) is 5.97. The summed E-state index contributed by atoms with van der Waals surface area (Å²) in [4.78, 5) is 17.3. The van der Waals surface area contributed by atoms with Crippen molar-refractivity contribution in [3.05, 3.63) is 58.4 Å². The predicted molar refractivity (Wildman–Crippen MR) is 120 cm³/mol. The van der Waals surface area contributed by atoms with Gasteiger partial charge in [0.2, 0.25) is 0 Å². The van der Waals surface area contributed by atoms with Crippen molar-refractivity contribution in [3.8, 4) is 0 Å². The Hall–Kier alpha value is -2.41. The second-order valence-corrected chi connectivity index (χ2v) is 8.23. The molecule has 0 spiro atoms. The van der Waals surface area contributed by atoms with Crippen molar-refractivity contribution < 1.29 is 9.53 Å². The number of aryl methyl sites for hydroxylation is 2. The first-order valence-corrected chi connectivity index (χ1v) is 10.7. The molecule has 7 heteroatoms. The number of benzene rings is 1. The van der Waals surface area contributed by atoms with Gasteiger partial charge in [-0.2, -0.15) is 0 Å². The van der Waals surface area contributed by atoms with E-state index in [9.17, 15) is 4.79 Å². The molecule has 0 atom stereocenters. The molecule has 2 aromatic heterocycles. The molecule has 0 aliphatic carbocycles. The summed E-state index contributed by atoms with van der Waals surface area (Å²) in [5.41, 5.74) is 4.07. The Morgan fingerprint density at radius 1 is 1.23 bits per heavy atom. The van der Waals surface area contributed by atoms with Gasteiger partial charge in [0.1, 0.15) is 5.65 Å². The van der Waals surface area contributed by atoms with Crippen molar-refractivity contribution in [3.63, 3.8) is 0 Å². The van der Waals surface area contributed by atoms with Crippen LogP contribution in [-0.4, -0.2) is 41.3 Å². The third-order valence-electron chi connectivity index (χ3n) is 5.57. The molecule has 1 amide bonds. The van der Waals surface area contributed by atoms with Crippen LogP contribution in [0.15, 0.2) is 36.7 Å². The van der Waals surface area contributed by atoms with Gasteiger partial charge >= 0.3 is 0 Å². The highest BCUT2D eigenvalue weighted by molar-refractivity contribution is 6.39. The summed E-state index contributed by atoms with van der Waals surface area (Å²) >= 11 is 6.66. The highest BCUT2D eigenvalue weighted by atomic mass is 35.5. The van der Waals surface area contributed by atoms with E-state index in [1.807, 2.05) is 38.1 Å². The van der Waals surface area contributed by atoms with E-state index in [4.69, 9.17) is 16.3 Å². The summed E-state index contributed by atoms with van der Waals surface area (Å²) in [7, 11) is 0. The molecule has 2 N–H and O–H groups in total. The Kier molecular flexibility index (Phi) is 6.37. The third kappa shape index (κ3) is 4.51. The molecule has 3 heterocycles. The number of anilines is 1. The van der Waals surface area contributed by atoms with E-state index in [1.165, 1.54) is 0 Å². The Morgan fingerprint density at radius 2 is 1.97 bits per heavy atom. The summed E-state index contributed by atoms with van der Waals surface area (Å²) < 4.78 is 7.51. The number of hydrogen-bond donors (Lipinski definition) is 2. The molecule has 1 fully saturated rings. The van der Waals surface area contributed by atoms with Crippen molar-refractivity contribution in [2.24, 2.45) is 0 Å². The summed E-state index contributed by atoms with van der Waals surface area (Å²) in [5, 5.41) is 7.77. The van der Waals surface area contributed by atoms with E-state index < -0.39 is 0 Å². The fraction of sp³-hybridized carbons (Fsp3) is 0.391. The zero-order valence-electron chi connectivity index (χ0n) is 17.4. The number of ether oxygens (including phenoxy) is 1. The molecule has 1 saturated heterocycles. The zero-order chi connectivity index (χ0) is 21.1. The molecule has 158 valence electrons. The SMILES string of the molecule is Cc1ccc(NC(=O)c2cnc3c(c(C)cn3CCNC3CCOCC3)c2Cl)cc1. The number of nitrogens with one attached hydrogen (secondary N) is 2. The standard InChI is InChI=1S/C23H27ClN4O2/c1-15-3-5-18(6-4-15)27-23(29)19-13-26-22-20(21(19)24)16(2)14-28(22)10-9-25-17-7-11-30-12-8-17/h3-6,13-14,17,25H,7-12H2,1-2H3,(H,27,29). The highest BCUT2D eigenvalue weighted by Crippen LogP contribution is 2.30. The van der Waals surface area contributed by atoms with E-state index >= 15 is 0 Å². The molecule has 1 aromatic carbocycles. The molecule has 3 aromatic rings. The summed E-state index contributed by atoms with van der Waals surface area (Å²) in [5.74, 6) is -0.258. The largest absolute Gasteiger partial charge is 0.381 e. The Bertz CT molecular complexity index is 1040. The maximum atomic E-state index is 12.8. The second-order valence-electron chi connectivity index (χ2n) is 7.85. The van der Waals surface area contributed by atoms with Gasteiger partial charge in [-0.15, -0.1) is 0 Å². The van der Waals surface area contributed by atoms with Gasteiger partial charge in [-0.1, -0.05) is 29.3 Å². The fourth-order valence-electron chi connectivity index (χ4n) is 3.86. The van der Waals surface area contributed by atoms with E-state index in [0.29, 0.717) is 16.6 Å². The van der Waals surface area contributed by atoms with Gasteiger partial charge in [0.15, 0.2) is 0 Å². The van der Waals surface area contributed by atoms with Crippen LogP contribution in [0.4, 0.5) is 5.69 Å². The van der Waals surface area contributed by atoms with E-state index in [0.717, 1.165) is 67.0 Å². The minimum absolute atomic E-state index is 0.258. The number of pyridine rings is 1. The van der Waals surface area contributed by atoms with Crippen LogP contribution in [0.3, 0.4) is 0 Å². The van der Waals surface area contributed by atoms with E-state index in [2.05, 4.69) is 26.4 Å². The number of halogens is 1. The lowest BCUT2D eigenvalue weighted by Crippen LogP contribution is -2.36. The topological polar surface area (TPSA) is 68.2 Å². The lowest BCUT2D eigenvalue weighted by molar-refractivity contribution is 0.0779. The number of aromatic nitrogens is 2. The number of rotatable bonds is 6. The molecule has 0 saturated carbocycles. The Labute approximate surface area is 181 Å². The lowest BCUT2D eigenvalue weighted by atomic mass is 10.1. The Balaban J connectivity index is 1.50. The predicted octanol–water partition coefficient (Wildman–Crippen LogP) is 4.33. The number of carbonyl (C=O) groups excluding carboxylic acids is 1. The summed E-state index contributed by atoms with van der Waals surface area (Å²) in [6.07, 6.45) is 5.72. The second kappa shape index (κ2) is 9.16. The minimum atomic E-state index is -0.258. The smallest absolute Gasteiger partial charge is 0.258 e. The van der Waals surface area contributed by atoms with Crippen molar-refractivity contribution in [1.29, 1.82) is 0 Å². The summed E-state index contributed by atoms with van der Waals surface area (Å²) in [6.45, 7) is 7.30. The maximum absolute atomic E-state index is 12.8. The first-order valence-electron chi connectivity index (χ1n) is 10.4. The van der Waals surface area contributed by atoms with Crippen LogP contribution in [0.5, 0.6) is 0 Å². The van der Waals surface area contributed by atoms with Crippen LogP contribution in [0.25, 0.3) is 11.0 Å². The van der Waals surface area contributed by atoms with Gasteiger partial charge < -0.3 is 19.9 Å². The van der Waals surface area contributed by atoms with Crippen molar-refractivity contribution in [2.75, 3.05) is 25.1 Å². The van der Waals surface area contributed by atoms with Gasteiger partial charge in [-0.3, -0.25) is 4.79 Å². The van der Waals surface area contributed by atoms with E-state index in [-0.39, 0.29) is 5.91 Å². The van der Waals surface area contributed by atoms with Crippen LogP contribution < -0.4 is 10.6 Å². The summed E-state index contributed by atoms with van der Waals surface area (Å²) in [6, 6.07) is 8.17. The fourth-order valence-corrected chi connectivity index (χ4v) is 4.23. The zero-order valence-corrected chi connectivity index (χ0v) is 18.1. The quantitative estimate of drug-likeness (QED) is 0.615. The first-order chi connectivity index (χ1) is 14.5. The number of fused-ring (bicyclic) bond motifs is 1. The van der Waals surface area contributed by atoms with Crippen LogP contribution in [0, 0.1) is 13.8 Å². The van der Waals surface area contributed by atoms with Crippen LogP contribution >= 0.6 is 11.6 Å². The number of carbonyl (C=O) groups is 1. The van der Waals surface area contributed by atoms with E-state index in [1.54, 1.807) is 6.20 Å². The molecule has 0 radical (unpaired) electrons. The normalized spacial score (nSPS) is 14.9. The molecular formula is C23H27ClN4O2. The van der Waals surface area contributed by atoms with Gasteiger partial charge in [0.05, 0.1) is 10.6 Å². The molecule has 1 aliphatic heterocycles. The molecular weight excluding hydrogens is 400 g/mol. The Morgan fingerprint density at radius 3 is 2.70 bits per heavy atom. The minimum Gasteiger partial charge on any atom is -0.381 e. The molecule has 4 rings (SSSR count). The number of hydrogen-bond acceptors (Lipinski definition) is 4. The molecule has 1 aliphatic rings. The first kappa shape index (κ1) is 20.8. The average Bonchev–Trinajstić information content (AvgIpc) is 3.07. The van der Waals surface area contributed by atoms with Crippen LogP contribution in [0.2, 0.25) is 5.02 Å². The average molecular weight is 427 g/mol. The van der Waals surface area contributed by atoms with Gasteiger partial charge in [0.25, 0.3) is 5.91 Å². The van der Waals surface area contributed by atoms with Gasteiger partial charge in [-0.25, -0.2) is 4.98 Å². The van der Waals surface area contributed by atoms with Crippen molar-refractivity contribution in [1.82, 2.24) is 14.9 Å². The van der Waals surface area contributed by atoms with Crippen molar-refractivity contribution >= 4 is 34.2 Å². The lowest BCUT2D eigenvalue weighted by Gasteiger charge is -2.23. The van der Waals surface area contributed by atoms with Crippen LogP contribution in [0.1, 0.15) is 34.3 Å². The van der Waals surface area contributed by atoms with Crippen LogP contribution in [-0.2, 0) is 11.3 Å².